The van der Waals surface area contributed by atoms with E-state index in [2.05, 4.69) is 41.4 Å². The van der Waals surface area contributed by atoms with Crippen LogP contribution < -0.4 is 15.0 Å². The smallest absolute Gasteiger partial charge is 0.490 e. The van der Waals surface area contributed by atoms with Crippen LogP contribution in [-0.2, 0) is 4.79 Å². The van der Waals surface area contributed by atoms with E-state index in [9.17, 15) is 27.9 Å². The molecule has 1 amide bonds. The van der Waals surface area contributed by atoms with Gasteiger partial charge in [-0.25, -0.2) is 9.59 Å². The summed E-state index contributed by atoms with van der Waals surface area (Å²) in [5.74, 6) is -3.42. The van der Waals surface area contributed by atoms with Crippen LogP contribution in [0.1, 0.15) is 44.2 Å². The van der Waals surface area contributed by atoms with E-state index >= 15 is 0 Å². The van der Waals surface area contributed by atoms with Crippen LogP contribution in [0.4, 0.5) is 24.5 Å². The predicted octanol–water partition coefficient (Wildman–Crippen LogP) is 5.58. The number of para-hydroxylation sites is 1. The van der Waals surface area contributed by atoms with E-state index < -0.39 is 24.0 Å². The molecule has 1 saturated heterocycles. The summed E-state index contributed by atoms with van der Waals surface area (Å²) in [5, 5.41) is 19.6. The van der Waals surface area contributed by atoms with Crippen LogP contribution in [0.15, 0.2) is 66.7 Å². The van der Waals surface area contributed by atoms with Gasteiger partial charge in [-0.2, -0.15) is 13.2 Å². The number of carboxylic acid groups (broad SMARTS) is 2. The Morgan fingerprint density at radius 2 is 1.67 bits per heavy atom. The zero-order valence-electron chi connectivity index (χ0n) is 21.2. The second-order valence-electron chi connectivity index (χ2n) is 8.84. The number of amides is 1. The summed E-state index contributed by atoms with van der Waals surface area (Å²) in [6.07, 6.45) is -4.07. The molecular weight excluding hydrogens is 517 g/mol. The standard InChI is InChI=1S/C26H26N2O4.C2HF3O2/c1-17-6-5-7-18(14-17)19-12-13-28(16-19)20-10-11-23(22(15-20)26(30)31)27-25(29)21-8-3-4-9-24(21)32-2;3-2(4,5)1(6)7/h3-11,14-15,19H,12-13,16H2,1-2H3,(H,27,29)(H,30,31);(H,6,7). The summed E-state index contributed by atoms with van der Waals surface area (Å²) >= 11 is 0. The number of carbonyl (C=O) groups excluding carboxylic acids is 1. The Kier molecular flexibility index (Phi) is 9.18. The number of aliphatic carboxylic acids is 1. The lowest BCUT2D eigenvalue weighted by Gasteiger charge is -2.21. The Morgan fingerprint density at radius 1 is 0.974 bits per heavy atom. The highest BCUT2D eigenvalue weighted by Gasteiger charge is 2.38. The van der Waals surface area contributed by atoms with Crippen LogP contribution >= 0.6 is 0 Å². The third-order valence-electron chi connectivity index (χ3n) is 6.14. The molecule has 1 aliphatic rings. The van der Waals surface area contributed by atoms with Gasteiger partial charge in [-0.15, -0.1) is 0 Å². The van der Waals surface area contributed by atoms with Crippen molar-refractivity contribution in [1.82, 2.24) is 0 Å². The van der Waals surface area contributed by atoms with Crippen LogP contribution in [0.3, 0.4) is 0 Å². The zero-order valence-corrected chi connectivity index (χ0v) is 21.2. The number of hydrogen-bond acceptors (Lipinski definition) is 5. The highest BCUT2D eigenvalue weighted by atomic mass is 19.4. The number of carboxylic acids is 2. The minimum Gasteiger partial charge on any atom is -0.496 e. The molecule has 3 N–H and O–H groups in total. The monoisotopic (exact) mass is 544 g/mol. The van der Waals surface area contributed by atoms with Crippen molar-refractivity contribution in [3.05, 3.63) is 89.0 Å². The molecule has 8 nitrogen and oxygen atoms in total. The molecule has 0 saturated carbocycles. The quantitative estimate of drug-likeness (QED) is 0.371. The number of anilines is 2. The third-order valence-corrected chi connectivity index (χ3v) is 6.14. The molecule has 0 radical (unpaired) electrons. The molecular formula is C28H27F3N2O6. The first-order valence-corrected chi connectivity index (χ1v) is 11.8. The minimum atomic E-state index is -5.08. The number of nitrogens with one attached hydrogen (secondary N) is 1. The molecule has 4 rings (SSSR count). The van der Waals surface area contributed by atoms with E-state index in [0.717, 1.165) is 25.2 Å². The number of alkyl halides is 3. The van der Waals surface area contributed by atoms with Gasteiger partial charge in [0.25, 0.3) is 5.91 Å². The number of nitrogens with zero attached hydrogens (tertiary/aromatic N) is 1. The lowest BCUT2D eigenvalue weighted by molar-refractivity contribution is -0.192. The van der Waals surface area contributed by atoms with Crippen molar-refractivity contribution in [2.75, 3.05) is 30.4 Å². The number of benzene rings is 3. The van der Waals surface area contributed by atoms with Gasteiger partial charge in [0.2, 0.25) is 0 Å². The topological polar surface area (TPSA) is 116 Å². The van der Waals surface area contributed by atoms with E-state index in [4.69, 9.17) is 14.6 Å². The maximum Gasteiger partial charge on any atom is 0.490 e. The summed E-state index contributed by atoms with van der Waals surface area (Å²) in [6.45, 7) is 3.77. The van der Waals surface area contributed by atoms with Crippen molar-refractivity contribution in [2.45, 2.75) is 25.4 Å². The summed E-state index contributed by atoms with van der Waals surface area (Å²) in [6, 6.07) is 20.5. The van der Waals surface area contributed by atoms with Gasteiger partial charge in [0.15, 0.2) is 0 Å². The summed E-state index contributed by atoms with van der Waals surface area (Å²) in [5.41, 5.74) is 4.05. The van der Waals surface area contributed by atoms with Crippen LogP contribution in [0.25, 0.3) is 0 Å². The van der Waals surface area contributed by atoms with E-state index in [1.807, 2.05) is 6.07 Å². The molecule has 206 valence electrons. The molecule has 0 bridgehead atoms. The third kappa shape index (κ3) is 7.50. The Bertz CT molecular complexity index is 1360. The number of rotatable bonds is 6. The Hall–Kier alpha value is -4.54. The highest BCUT2D eigenvalue weighted by Crippen LogP contribution is 2.33. The van der Waals surface area contributed by atoms with Crippen molar-refractivity contribution in [3.8, 4) is 5.75 Å². The largest absolute Gasteiger partial charge is 0.496 e. The summed E-state index contributed by atoms with van der Waals surface area (Å²) in [4.78, 5) is 35.8. The second kappa shape index (κ2) is 12.3. The van der Waals surface area contributed by atoms with Crippen molar-refractivity contribution in [1.29, 1.82) is 0 Å². The molecule has 0 spiro atoms. The number of carbonyl (C=O) groups is 3. The second-order valence-corrected chi connectivity index (χ2v) is 8.84. The molecule has 0 aromatic heterocycles. The summed E-state index contributed by atoms with van der Waals surface area (Å²) in [7, 11) is 1.49. The molecule has 0 aliphatic carbocycles. The number of hydrogen-bond donors (Lipinski definition) is 3. The first-order valence-electron chi connectivity index (χ1n) is 11.8. The summed E-state index contributed by atoms with van der Waals surface area (Å²) < 4.78 is 37.0. The van der Waals surface area contributed by atoms with Crippen molar-refractivity contribution in [2.24, 2.45) is 0 Å². The minimum absolute atomic E-state index is 0.0600. The average molecular weight is 545 g/mol. The van der Waals surface area contributed by atoms with Gasteiger partial charge in [0.05, 0.1) is 23.9 Å². The molecule has 1 fully saturated rings. The fraction of sp³-hybridized carbons (Fsp3) is 0.250. The van der Waals surface area contributed by atoms with Crippen molar-refractivity contribution < 1.29 is 42.5 Å². The average Bonchev–Trinajstić information content (AvgIpc) is 3.39. The molecule has 3 aromatic rings. The Balaban J connectivity index is 0.000000532. The zero-order chi connectivity index (χ0) is 28.7. The number of aromatic carboxylic acids is 1. The SMILES string of the molecule is COc1ccccc1C(=O)Nc1ccc(N2CCC(c3cccc(C)c3)C2)cc1C(=O)O.O=C(O)C(F)(F)F. The van der Waals surface area contributed by atoms with E-state index in [0.29, 0.717) is 17.2 Å². The van der Waals surface area contributed by atoms with Gasteiger partial charge in [0.1, 0.15) is 5.75 Å². The van der Waals surface area contributed by atoms with Crippen molar-refractivity contribution in [3.63, 3.8) is 0 Å². The van der Waals surface area contributed by atoms with Gasteiger partial charge in [0, 0.05) is 24.7 Å². The lowest BCUT2D eigenvalue weighted by atomic mass is 9.97. The van der Waals surface area contributed by atoms with Gasteiger partial charge >= 0.3 is 18.1 Å². The number of methoxy groups -OCH3 is 1. The van der Waals surface area contributed by atoms with E-state index in [1.54, 1.807) is 36.4 Å². The van der Waals surface area contributed by atoms with Gasteiger partial charge in [-0.3, -0.25) is 4.79 Å². The molecule has 11 heteroatoms. The van der Waals surface area contributed by atoms with Crippen LogP contribution in [0, 0.1) is 6.92 Å². The van der Waals surface area contributed by atoms with Crippen LogP contribution in [0.5, 0.6) is 5.75 Å². The molecule has 1 atom stereocenters. The molecule has 1 heterocycles. The van der Waals surface area contributed by atoms with Gasteiger partial charge in [-0.05, 0) is 49.2 Å². The van der Waals surface area contributed by atoms with Crippen LogP contribution in [-0.4, -0.2) is 54.4 Å². The van der Waals surface area contributed by atoms with E-state index in [-0.39, 0.29) is 11.3 Å². The fourth-order valence-corrected chi connectivity index (χ4v) is 4.23. The first-order chi connectivity index (χ1) is 18.4. The number of ether oxygens (including phenoxy) is 1. The predicted molar refractivity (Wildman–Crippen MR) is 139 cm³/mol. The maximum atomic E-state index is 12.7. The Morgan fingerprint density at radius 3 is 2.28 bits per heavy atom. The lowest BCUT2D eigenvalue weighted by Crippen LogP contribution is -2.21. The first kappa shape index (κ1) is 29.0. The van der Waals surface area contributed by atoms with Crippen molar-refractivity contribution >= 4 is 29.2 Å². The maximum absolute atomic E-state index is 12.7. The number of halogens is 3. The fourth-order valence-electron chi connectivity index (χ4n) is 4.23. The molecule has 1 aliphatic heterocycles. The molecule has 39 heavy (non-hydrogen) atoms. The highest BCUT2D eigenvalue weighted by molar-refractivity contribution is 6.09. The molecule has 3 aromatic carbocycles. The van der Waals surface area contributed by atoms with Crippen LogP contribution in [0.2, 0.25) is 0 Å². The molecule has 1 unspecified atom stereocenters. The van der Waals surface area contributed by atoms with Gasteiger partial charge < -0.3 is 25.2 Å². The normalized spacial score (nSPS) is 14.7. The van der Waals surface area contributed by atoms with Gasteiger partial charge in [-0.1, -0.05) is 42.0 Å². The Labute approximate surface area is 222 Å². The van der Waals surface area contributed by atoms with E-state index in [1.165, 1.54) is 18.2 Å². The number of aryl methyl sites for hydroxylation is 1.